The first kappa shape index (κ1) is 45.3. The van der Waals surface area contributed by atoms with Gasteiger partial charge in [-0.25, -0.2) is 22.8 Å². The molecule has 64 heavy (non-hydrogen) atoms. The molecule has 2 aliphatic carbocycles. The second kappa shape index (κ2) is 17.6. The first-order valence-corrected chi connectivity index (χ1v) is 23.9. The van der Waals surface area contributed by atoms with Crippen molar-refractivity contribution in [2.75, 3.05) is 19.0 Å². The van der Waals surface area contributed by atoms with E-state index in [1.165, 1.54) is 16.2 Å². The summed E-state index contributed by atoms with van der Waals surface area (Å²) in [7, 11) is -2.43. The van der Waals surface area contributed by atoms with E-state index in [-0.39, 0.29) is 37.4 Å². The number of alkyl halides is 3. The maximum Gasteiger partial charge on any atom is 0.416 e. The molecule has 0 spiro atoms. The summed E-state index contributed by atoms with van der Waals surface area (Å²) >= 11 is 1.42. The van der Waals surface area contributed by atoms with Gasteiger partial charge in [-0.2, -0.15) is 13.2 Å². The number of allylic oxidation sites excluding steroid dienone is 1. The Morgan fingerprint density at radius 1 is 1.05 bits per heavy atom. The van der Waals surface area contributed by atoms with Crippen LogP contribution in [0.5, 0.6) is 11.5 Å². The lowest BCUT2D eigenvalue weighted by atomic mass is 10.0. The minimum absolute atomic E-state index is 0.0793. The summed E-state index contributed by atoms with van der Waals surface area (Å²) in [5.74, 6) is -2.79. The number of nitrogens with one attached hydrogen (secondary N) is 3. The van der Waals surface area contributed by atoms with E-state index in [0.717, 1.165) is 23.4 Å². The lowest BCUT2D eigenvalue weighted by Gasteiger charge is -2.30. The number of rotatable bonds is 10. The van der Waals surface area contributed by atoms with Crippen LogP contribution < -0.4 is 24.8 Å². The number of sulfonamides is 1. The molecule has 3 amide bonds. The number of fused-ring (bicyclic) bond motifs is 3. The molecule has 8 rings (SSSR count). The number of hydrogen-bond acceptors (Lipinski definition) is 11. The quantitative estimate of drug-likeness (QED) is 0.106. The fourth-order valence-corrected chi connectivity index (χ4v) is 10.8. The molecule has 5 atom stereocenters. The molecule has 0 radical (unpaired) electrons. The van der Waals surface area contributed by atoms with Gasteiger partial charge in [0.05, 0.1) is 35.7 Å². The number of halogens is 4. The third-order valence-corrected chi connectivity index (χ3v) is 15.1. The maximum absolute atomic E-state index is 14.9. The zero-order valence-corrected chi connectivity index (χ0v) is 37.4. The number of amides is 3. The van der Waals surface area contributed by atoms with Gasteiger partial charge in [0.2, 0.25) is 21.8 Å². The molecule has 2 aromatic heterocycles. The van der Waals surface area contributed by atoms with Crippen molar-refractivity contribution in [3.05, 3.63) is 76.6 Å². The lowest BCUT2D eigenvalue weighted by Crippen LogP contribution is -2.57. The van der Waals surface area contributed by atoms with Gasteiger partial charge in [0.25, 0.3) is 5.91 Å². The monoisotopic (exact) mass is 926 g/mol. The fourth-order valence-electron chi connectivity index (χ4n) is 8.54. The Labute approximate surface area is 372 Å². The van der Waals surface area contributed by atoms with E-state index in [1.54, 1.807) is 31.4 Å². The molecule has 3 fully saturated rings. The zero-order chi connectivity index (χ0) is 45.7. The van der Waals surface area contributed by atoms with Crippen LogP contribution in [-0.4, -0.2) is 83.6 Å². The predicted octanol–water partition coefficient (Wildman–Crippen LogP) is 7.79. The van der Waals surface area contributed by atoms with E-state index in [0.29, 0.717) is 77.7 Å². The number of pyridine rings is 1. The van der Waals surface area contributed by atoms with Crippen molar-refractivity contribution in [1.29, 1.82) is 0 Å². The number of thiazole rings is 1. The van der Waals surface area contributed by atoms with Crippen LogP contribution in [0.3, 0.4) is 0 Å². The predicted molar refractivity (Wildman–Crippen MR) is 233 cm³/mol. The third kappa shape index (κ3) is 9.41. The van der Waals surface area contributed by atoms with Crippen molar-refractivity contribution in [1.82, 2.24) is 24.9 Å². The van der Waals surface area contributed by atoms with Crippen LogP contribution in [0.25, 0.3) is 21.6 Å². The number of aryl methyl sites for hydroxylation is 1. The Balaban J connectivity index is 1.17. The molecule has 3 N–H and O–H groups in total. The molecular weight excluding hydrogens is 877 g/mol. The topological polar surface area (TPSA) is 169 Å². The number of nitrogens with zero attached hydrogens (tertiary/aromatic N) is 3. The van der Waals surface area contributed by atoms with Crippen LogP contribution in [0.1, 0.15) is 94.4 Å². The smallest absolute Gasteiger partial charge is 0.416 e. The van der Waals surface area contributed by atoms with Crippen molar-refractivity contribution >= 4 is 55.7 Å². The van der Waals surface area contributed by atoms with Crippen LogP contribution in [-0.2, 0) is 30.6 Å². The van der Waals surface area contributed by atoms with Crippen molar-refractivity contribution in [2.24, 2.45) is 5.92 Å². The summed E-state index contributed by atoms with van der Waals surface area (Å²) in [5.41, 5.74) is -0.395. The van der Waals surface area contributed by atoms with Gasteiger partial charge < -0.3 is 25.0 Å². The van der Waals surface area contributed by atoms with E-state index in [4.69, 9.17) is 19.4 Å². The van der Waals surface area contributed by atoms with Crippen LogP contribution in [0.2, 0.25) is 0 Å². The number of ether oxygens (including phenoxy) is 2. The Morgan fingerprint density at radius 2 is 1.83 bits per heavy atom. The second-order valence-electron chi connectivity index (χ2n) is 17.4. The average Bonchev–Trinajstić information content (AvgIpc) is 4.11. The van der Waals surface area contributed by atoms with Crippen molar-refractivity contribution in [3.63, 3.8) is 0 Å². The van der Waals surface area contributed by atoms with Crippen molar-refractivity contribution in [2.45, 2.75) is 120 Å². The van der Waals surface area contributed by atoms with E-state index in [9.17, 15) is 40.4 Å². The Kier molecular flexibility index (Phi) is 12.4. The molecule has 19 heteroatoms. The third-order valence-electron chi connectivity index (χ3n) is 12.4. The number of anilines is 1. The molecule has 4 aliphatic rings. The number of hydrogen-bond donors (Lipinski definition) is 3. The molecule has 4 heterocycles. The van der Waals surface area contributed by atoms with Crippen LogP contribution in [0.15, 0.2) is 53.9 Å². The van der Waals surface area contributed by atoms with Gasteiger partial charge in [-0.3, -0.25) is 19.1 Å². The Morgan fingerprint density at radius 3 is 2.53 bits per heavy atom. The molecule has 2 aliphatic heterocycles. The highest BCUT2D eigenvalue weighted by Gasteiger charge is 2.62. The zero-order valence-electron chi connectivity index (χ0n) is 35.8. The first-order chi connectivity index (χ1) is 30.4. The molecule has 0 bridgehead atoms. The minimum Gasteiger partial charge on any atom is -0.496 e. The molecule has 2 aromatic carbocycles. The summed E-state index contributed by atoms with van der Waals surface area (Å²) in [6.07, 6.45) is 1.31. The molecular formula is C45H50F4N6O7S2. The highest BCUT2D eigenvalue weighted by Crippen LogP contribution is 2.46. The van der Waals surface area contributed by atoms with Gasteiger partial charge in [0.15, 0.2) is 0 Å². The largest absolute Gasteiger partial charge is 0.496 e. The van der Waals surface area contributed by atoms with Gasteiger partial charge >= 0.3 is 6.18 Å². The van der Waals surface area contributed by atoms with Crippen molar-refractivity contribution in [3.8, 4) is 22.2 Å². The van der Waals surface area contributed by atoms with Crippen LogP contribution in [0, 0.1) is 18.7 Å². The summed E-state index contributed by atoms with van der Waals surface area (Å²) < 4.78 is 96.6. The molecule has 0 unspecified atom stereocenters. The number of methoxy groups -OCH3 is 1. The lowest BCUT2D eigenvalue weighted by molar-refractivity contribution is -0.140. The van der Waals surface area contributed by atoms with Gasteiger partial charge in [-0.15, -0.1) is 11.3 Å². The molecule has 1 saturated heterocycles. The average molecular weight is 927 g/mol. The van der Waals surface area contributed by atoms with E-state index >= 15 is 0 Å². The summed E-state index contributed by atoms with van der Waals surface area (Å²) in [5, 5.41) is 8.23. The highest BCUT2D eigenvalue weighted by atomic mass is 32.2. The number of benzene rings is 2. The van der Waals surface area contributed by atoms with Gasteiger partial charge in [-0.05, 0) is 81.7 Å². The van der Waals surface area contributed by atoms with Gasteiger partial charge in [-0.1, -0.05) is 38.8 Å². The standard InChI is InChI=1S/C45H50F4N6O7S2/c1-24(2)35-23-63-41(52-35)34-20-38(32-14-15-37(61-4)25(3)39(32)51-34)62-30-19-36-40(56)53-44(43(58)54-64(59,60)31-12-13-31)21-26(44)10-8-6-5-7-9-11-33(42(57)55(36)22-30)50-29-17-27(45(47,48)49)16-28(46)18-29/h8,10,14-18,20,23-24,26,30-31,33,36,50H,5-7,9,11-13,19,21-22H2,1-4H3,(H,53,56)(H,54,58)/t26-,30-,33+,36+,44-/m1/s1. The molecule has 4 aromatic rings. The van der Waals surface area contributed by atoms with E-state index in [1.807, 2.05) is 32.2 Å². The number of carbonyl (C=O) groups is 3. The van der Waals surface area contributed by atoms with E-state index < -0.39 is 80.2 Å². The fraction of sp³-hybridized carbons (Fsp3) is 0.489. The number of aromatic nitrogens is 2. The number of carbonyl (C=O) groups excluding carboxylic acids is 3. The minimum atomic E-state index is -4.86. The van der Waals surface area contributed by atoms with Gasteiger partial charge in [0, 0.05) is 40.4 Å². The molecule has 342 valence electrons. The van der Waals surface area contributed by atoms with E-state index in [2.05, 4.69) is 15.4 Å². The first-order valence-electron chi connectivity index (χ1n) is 21.5. The maximum atomic E-state index is 14.9. The van der Waals surface area contributed by atoms with Gasteiger partial charge in [0.1, 0.15) is 51.7 Å². The van der Waals surface area contributed by atoms with Crippen molar-refractivity contribution < 1.29 is 49.8 Å². The molecule has 2 saturated carbocycles. The van der Waals surface area contributed by atoms with Crippen LogP contribution in [0.4, 0.5) is 23.2 Å². The summed E-state index contributed by atoms with van der Waals surface area (Å²) in [6.45, 7) is 5.78. The van der Waals surface area contributed by atoms with Crippen LogP contribution >= 0.6 is 11.3 Å². The Hall–Kier alpha value is -5.30. The SMILES string of the molecule is COc1ccc2c(O[C@@H]3C[C@H]4C(=O)N[C@]5(C(=O)NS(=O)(=O)C6CC6)C[C@H]5C=CCCCCC[C@H](Nc5cc(F)cc(C(F)(F)F)c5)C(=O)N4C3)cc(-c3nc(C(C)C)cs3)nc2c1C. The second-order valence-corrected chi connectivity index (χ2v) is 20.3. The summed E-state index contributed by atoms with van der Waals surface area (Å²) in [6, 6.07) is 4.84. The summed E-state index contributed by atoms with van der Waals surface area (Å²) in [4.78, 5) is 54.5. The highest BCUT2D eigenvalue weighted by molar-refractivity contribution is 7.91. The molecule has 13 nitrogen and oxygen atoms in total. The normalized spacial score (nSPS) is 24.4. The Bertz CT molecular complexity index is 2620.